The van der Waals surface area contributed by atoms with Gasteiger partial charge in [0.15, 0.2) is 0 Å². The van der Waals surface area contributed by atoms with Crippen LogP contribution in [0, 0.1) is 0 Å². The molecule has 0 aromatic heterocycles. The van der Waals surface area contributed by atoms with E-state index >= 15 is 0 Å². The topological polar surface area (TPSA) is 55.6 Å². The van der Waals surface area contributed by atoms with E-state index in [0.29, 0.717) is 13.0 Å². The second-order valence-electron chi connectivity index (χ2n) is 2.22. The standard InChI is InChI=1S/C5H9FN2O2/c6-4-1-2-8(3-4)5(9)10-7/h4H,1-3,7H2. The van der Waals surface area contributed by atoms with Crippen LogP contribution in [0.25, 0.3) is 0 Å². The molecule has 1 aliphatic rings. The number of hydrogen-bond donors (Lipinski definition) is 1. The molecule has 10 heavy (non-hydrogen) atoms. The number of amides is 1. The molecule has 1 saturated heterocycles. The van der Waals surface area contributed by atoms with Crippen LogP contribution < -0.4 is 5.90 Å². The van der Waals surface area contributed by atoms with E-state index in [2.05, 4.69) is 10.7 Å². The number of carbonyl (C=O) groups is 1. The molecule has 1 atom stereocenters. The Morgan fingerprint density at radius 3 is 2.90 bits per heavy atom. The average molecular weight is 148 g/mol. The third-order valence-electron chi connectivity index (χ3n) is 1.49. The minimum Gasteiger partial charge on any atom is -0.357 e. The van der Waals surface area contributed by atoms with Crippen LogP contribution >= 0.6 is 0 Å². The quantitative estimate of drug-likeness (QED) is 0.493. The van der Waals surface area contributed by atoms with E-state index in [0.717, 1.165) is 0 Å². The predicted molar refractivity (Wildman–Crippen MR) is 31.8 cm³/mol. The zero-order chi connectivity index (χ0) is 7.56. The molecule has 0 bridgehead atoms. The summed E-state index contributed by atoms with van der Waals surface area (Å²) in [7, 11) is 0. The molecule has 4 nitrogen and oxygen atoms in total. The van der Waals surface area contributed by atoms with E-state index in [-0.39, 0.29) is 6.54 Å². The van der Waals surface area contributed by atoms with E-state index in [1.165, 1.54) is 4.90 Å². The van der Waals surface area contributed by atoms with Gasteiger partial charge in [-0.2, -0.15) is 5.90 Å². The van der Waals surface area contributed by atoms with Gasteiger partial charge in [0.05, 0.1) is 6.54 Å². The number of nitrogens with two attached hydrogens (primary N) is 1. The monoisotopic (exact) mass is 148 g/mol. The smallest absolute Gasteiger partial charge is 0.357 e. The number of nitrogens with zero attached hydrogens (tertiary/aromatic N) is 1. The summed E-state index contributed by atoms with van der Waals surface area (Å²) in [6.45, 7) is 0.507. The van der Waals surface area contributed by atoms with Gasteiger partial charge in [-0.1, -0.05) is 0 Å². The maximum atomic E-state index is 12.4. The lowest BCUT2D eigenvalue weighted by Crippen LogP contribution is -2.31. The van der Waals surface area contributed by atoms with E-state index < -0.39 is 12.3 Å². The Balaban J connectivity index is 2.37. The first-order chi connectivity index (χ1) is 4.74. The Bertz CT molecular complexity index is 142. The van der Waals surface area contributed by atoms with Crippen LogP contribution in [0.1, 0.15) is 6.42 Å². The highest BCUT2D eigenvalue weighted by Gasteiger charge is 2.26. The second kappa shape index (κ2) is 2.83. The van der Waals surface area contributed by atoms with Crippen LogP contribution in [0.3, 0.4) is 0 Å². The summed E-state index contributed by atoms with van der Waals surface area (Å²) >= 11 is 0. The molecule has 1 heterocycles. The molecule has 0 aromatic rings. The fraction of sp³-hybridized carbons (Fsp3) is 0.800. The number of rotatable bonds is 0. The third-order valence-corrected chi connectivity index (χ3v) is 1.49. The Kier molecular flexibility index (Phi) is 2.06. The molecular formula is C5H9FN2O2. The largest absolute Gasteiger partial charge is 0.428 e. The molecular weight excluding hydrogens is 139 g/mol. The first kappa shape index (κ1) is 7.27. The second-order valence-corrected chi connectivity index (χ2v) is 2.22. The maximum Gasteiger partial charge on any atom is 0.428 e. The molecule has 1 rings (SSSR count). The van der Waals surface area contributed by atoms with Crippen LogP contribution in [0.4, 0.5) is 9.18 Å². The van der Waals surface area contributed by atoms with Crippen molar-refractivity contribution in [1.82, 2.24) is 4.90 Å². The molecule has 1 unspecified atom stereocenters. The van der Waals surface area contributed by atoms with Crippen molar-refractivity contribution in [2.45, 2.75) is 12.6 Å². The van der Waals surface area contributed by atoms with Gasteiger partial charge < -0.3 is 9.74 Å². The van der Waals surface area contributed by atoms with Gasteiger partial charge in [-0.3, -0.25) is 0 Å². The first-order valence-corrected chi connectivity index (χ1v) is 3.03. The summed E-state index contributed by atoms with van der Waals surface area (Å²) in [6.07, 6.45) is -1.19. The molecule has 1 fully saturated rings. The van der Waals surface area contributed by atoms with Crippen molar-refractivity contribution in [3.8, 4) is 0 Å². The average Bonchev–Trinajstić information content (AvgIpc) is 2.34. The first-order valence-electron chi connectivity index (χ1n) is 3.03. The molecule has 0 saturated carbocycles. The third kappa shape index (κ3) is 1.36. The Morgan fingerprint density at radius 2 is 2.50 bits per heavy atom. The molecule has 0 aromatic carbocycles. The normalized spacial score (nSPS) is 25.0. The van der Waals surface area contributed by atoms with Crippen molar-refractivity contribution < 1.29 is 14.0 Å². The summed E-state index contributed by atoms with van der Waals surface area (Å²) < 4.78 is 12.4. The summed E-state index contributed by atoms with van der Waals surface area (Å²) in [5.41, 5.74) is 0. The molecule has 0 radical (unpaired) electrons. The van der Waals surface area contributed by atoms with Gasteiger partial charge in [0.25, 0.3) is 0 Å². The van der Waals surface area contributed by atoms with Gasteiger partial charge in [0.1, 0.15) is 6.17 Å². The number of halogens is 1. The fourth-order valence-corrected chi connectivity index (χ4v) is 0.958. The fourth-order valence-electron chi connectivity index (χ4n) is 0.958. The minimum absolute atomic E-state index is 0.107. The summed E-state index contributed by atoms with van der Waals surface area (Å²) in [6, 6.07) is 0. The van der Waals surface area contributed by atoms with Gasteiger partial charge in [-0.25, -0.2) is 9.18 Å². The van der Waals surface area contributed by atoms with E-state index in [4.69, 9.17) is 0 Å². The predicted octanol–water partition coefficient (Wildman–Crippen LogP) is 0.0405. The van der Waals surface area contributed by atoms with Crippen molar-refractivity contribution in [1.29, 1.82) is 0 Å². The number of likely N-dealkylation sites (tertiary alicyclic amines) is 1. The van der Waals surface area contributed by atoms with Crippen molar-refractivity contribution in [3.05, 3.63) is 0 Å². The minimum atomic E-state index is -0.917. The number of hydrogen-bond acceptors (Lipinski definition) is 3. The van der Waals surface area contributed by atoms with E-state index in [1.807, 2.05) is 0 Å². The van der Waals surface area contributed by atoms with Gasteiger partial charge in [0.2, 0.25) is 0 Å². The van der Waals surface area contributed by atoms with Crippen LogP contribution in [0.15, 0.2) is 0 Å². The van der Waals surface area contributed by atoms with Crippen LogP contribution in [-0.2, 0) is 4.84 Å². The Morgan fingerprint density at radius 1 is 1.80 bits per heavy atom. The molecule has 58 valence electrons. The lowest BCUT2D eigenvalue weighted by Gasteiger charge is -2.10. The Hall–Kier alpha value is -0.840. The van der Waals surface area contributed by atoms with Crippen molar-refractivity contribution in [3.63, 3.8) is 0 Å². The lowest BCUT2D eigenvalue weighted by molar-refractivity contribution is 0.109. The SMILES string of the molecule is NOC(=O)N1CCC(F)C1. The molecule has 2 N–H and O–H groups in total. The van der Waals surface area contributed by atoms with Crippen LogP contribution in [0.5, 0.6) is 0 Å². The van der Waals surface area contributed by atoms with Gasteiger partial charge in [0, 0.05) is 6.54 Å². The van der Waals surface area contributed by atoms with Crippen molar-refractivity contribution >= 4 is 6.09 Å². The van der Waals surface area contributed by atoms with Crippen molar-refractivity contribution in [2.24, 2.45) is 5.90 Å². The maximum absolute atomic E-state index is 12.4. The molecule has 0 spiro atoms. The van der Waals surface area contributed by atoms with Crippen LogP contribution in [-0.4, -0.2) is 30.3 Å². The van der Waals surface area contributed by atoms with E-state index in [1.54, 1.807) is 0 Å². The lowest BCUT2D eigenvalue weighted by atomic mass is 10.3. The highest BCUT2D eigenvalue weighted by atomic mass is 19.1. The highest BCUT2D eigenvalue weighted by Crippen LogP contribution is 2.12. The summed E-state index contributed by atoms with van der Waals surface area (Å²) in [5.74, 6) is 4.58. The Labute approximate surface area is 57.7 Å². The molecule has 5 heteroatoms. The molecule has 0 aliphatic carbocycles. The highest BCUT2D eigenvalue weighted by molar-refractivity contribution is 5.67. The van der Waals surface area contributed by atoms with Crippen LogP contribution in [0.2, 0.25) is 0 Å². The van der Waals surface area contributed by atoms with Gasteiger partial charge >= 0.3 is 6.09 Å². The van der Waals surface area contributed by atoms with E-state index in [9.17, 15) is 9.18 Å². The van der Waals surface area contributed by atoms with Crippen molar-refractivity contribution in [2.75, 3.05) is 13.1 Å². The summed E-state index contributed by atoms with van der Waals surface area (Å²) in [4.78, 5) is 15.7. The number of carbonyl (C=O) groups excluding carboxylic acids is 1. The molecule has 1 amide bonds. The van der Waals surface area contributed by atoms with Gasteiger partial charge in [-0.05, 0) is 6.42 Å². The van der Waals surface area contributed by atoms with Gasteiger partial charge in [-0.15, -0.1) is 0 Å². The zero-order valence-electron chi connectivity index (χ0n) is 5.42. The summed E-state index contributed by atoms with van der Waals surface area (Å²) in [5, 5.41) is 0. The zero-order valence-corrected chi connectivity index (χ0v) is 5.42. The molecule has 1 aliphatic heterocycles. The number of alkyl halides is 1.